The number of hydrogen-bond donors (Lipinski definition) is 2. The second-order valence-corrected chi connectivity index (χ2v) is 7.04. The van der Waals surface area contributed by atoms with Gasteiger partial charge in [0.2, 0.25) is 0 Å². The van der Waals surface area contributed by atoms with Gasteiger partial charge in [0.05, 0.1) is 0 Å². The minimum atomic E-state index is -2.86. The van der Waals surface area contributed by atoms with E-state index in [1.54, 1.807) is 25.2 Å². The van der Waals surface area contributed by atoms with Crippen LogP contribution >= 0.6 is 0 Å². The lowest BCUT2D eigenvalue weighted by molar-refractivity contribution is -0.0504. The molecule has 0 unspecified atom stereocenters. The first-order valence-electron chi connectivity index (χ1n) is 9.91. The zero-order valence-electron chi connectivity index (χ0n) is 17.3. The van der Waals surface area contributed by atoms with Gasteiger partial charge in [0.1, 0.15) is 11.6 Å². The van der Waals surface area contributed by atoms with Gasteiger partial charge in [-0.25, -0.2) is 4.98 Å². The Morgan fingerprint density at radius 1 is 1.07 bits per heavy atom. The van der Waals surface area contributed by atoms with E-state index in [9.17, 15) is 8.78 Å². The van der Waals surface area contributed by atoms with E-state index in [4.69, 9.17) is 0 Å². The Labute approximate surface area is 175 Å². The number of hydrogen-bond acceptors (Lipinski definition) is 5. The molecule has 0 amide bonds. The largest absolute Gasteiger partial charge is 0.434 e. The maximum absolute atomic E-state index is 12.6. The Morgan fingerprint density at radius 3 is 2.43 bits per heavy atom. The third-order valence-corrected chi connectivity index (χ3v) is 4.98. The van der Waals surface area contributed by atoms with E-state index < -0.39 is 6.61 Å². The van der Waals surface area contributed by atoms with Crippen molar-refractivity contribution < 1.29 is 13.5 Å². The highest BCUT2D eigenvalue weighted by atomic mass is 19.3. The summed E-state index contributed by atoms with van der Waals surface area (Å²) in [5.74, 6) is 1.69. The van der Waals surface area contributed by atoms with Crippen molar-refractivity contribution in [2.45, 2.75) is 19.7 Å². The highest BCUT2D eigenvalue weighted by molar-refractivity contribution is 5.79. The molecule has 0 saturated carbocycles. The summed E-state index contributed by atoms with van der Waals surface area (Å²) in [7, 11) is 3.79. The van der Waals surface area contributed by atoms with E-state index in [0.717, 1.165) is 37.6 Å². The number of guanidine groups is 1. The van der Waals surface area contributed by atoms with Gasteiger partial charge in [0.15, 0.2) is 5.96 Å². The number of benzene rings is 1. The van der Waals surface area contributed by atoms with Crippen LogP contribution in [0, 0.1) is 0 Å². The summed E-state index contributed by atoms with van der Waals surface area (Å²) in [6.45, 7) is 1.88. The normalized spacial score (nSPS) is 15.4. The van der Waals surface area contributed by atoms with Gasteiger partial charge in [-0.2, -0.15) is 8.78 Å². The minimum absolute atomic E-state index is 0.153. The maximum atomic E-state index is 12.6. The van der Waals surface area contributed by atoms with Gasteiger partial charge in [-0.1, -0.05) is 24.3 Å². The Hall–Kier alpha value is -2.94. The predicted molar refractivity (Wildman–Crippen MR) is 114 cm³/mol. The third-order valence-electron chi connectivity index (χ3n) is 4.98. The van der Waals surface area contributed by atoms with Crippen LogP contribution in [0.25, 0.3) is 0 Å². The van der Waals surface area contributed by atoms with E-state index in [0.29, 0.717) is 24.6 Å². The van der Waals surface area contributed by atoms with Crippen LogP contribution in [0.4, 0.5) is 14.6 Å². The summed E-state index contributed by atoms with van der Waals surface area (Å²) in [6.07, 6.45) is 1.81. The maximum Gasteiger partial charge on any atom is 0.387 e. The standard InChI is InChI=1S/C21H28F2N6O/c1-24-21(26-14-16-6-3-4-8-18(16)30-20(22)23)27-15-17-7-5-9-25-19(17)29-12-10-28(2)11-13-29/h3-9,20H,10-15H2,1-2H3,(H2,24,26,27). The number of anilines is 1. The highest BCUT2D eigenvalue weighted by Crippen LogP contribution is 2.20. The number of nitrogens with zero attached hydrogens (tertiary/aromatic N) is 4. The molecule has 3 rings (SSSR count). The summed E-state index contributed by atoms with van der Waals surface area (Å²) in [5.41, 5.74) is 1.70. The van der Waals surface area contributed by atoms with Gasteiger partial charge in [-0.3, -0.25) is 4.99 Å². The fourth-order valence-corrected chi connectivity index (χ4v) is 3.31. The molecule has 9 heteroatoms. The molecule has 1 aromatic heterocycles. The van der Waals surface area contributed by atoms with Crippen LogP contribution in [-0.4, -0.2) is 62.7 Å². The number of pyridine rings is 1. The van der Waals surface area contributed by atoms with Crippen LogP contribution in [0.5, 0.6) is 5.75 Å². The van der Waals surface area contributed by atoms with Gasteiger partial charge in [-0.15, -0.1) is 0 Å². The van der Waals surface area contributed by atoms with E-state index in [1.807, 2.05) is 18.3 Å². The molecular formula is C21H28F2N6O. The zero-order valence-corrected chi connectivity index (χ0v) is 17.3. The average molecular weight is 418 g/mol. The summed E-state index contributed by atoms with van der Waals surface area (Å²) in [5, 5.41) is 6.43. The molecule has 1 saturated heterocycles. The van der Waals surface area contributed by atoms with Crippen LogP contribution in [0.3, 0.4) is 0 Å². The topological polar surface area (TPSA) is 65.0 Å². The lowest BCUT2D eigenvalue weighted by atomic mass is 10.2. The number of halogens is 2. The molecule has 2 aromatic rings. The SMILES string of the molecule is CN=C(NCc1ccccc1OC(F)F)NCc1cccnc1N1CCN(C)CC1. The third kappa shape index (κ3) is 6.03. The molecule has 1 aliphatic rings. The minimum Gasteiger partial charge on any atom is -0.434 e. The van der Waals surface area contributed by atoms with Crippen molar-refractivity contribution in [1.29, 1.82) is 0 Å². The summed E-state index contributed by atoms with van der Waals surface area (Å²) < 4.78 is 29.8. The molecule has 0 radical (unpaired) electrons. The highest BCUT2D eigenvalue weighted by Gasteiger charge is 2.18. The fourth-order valence-electron chi connectivity index (χ4n) is 3.31. The fraction of sp³-hybridized carbons (Fsp3) is 0.429. The zero-order chi connectivity index (χ0) is 21.3. The molecule has 30 heavy (non-hydrogen) atoms. The Kier molecular flexibility index (Phi) is 7.78. The first kappa shape index (κ1) is 21.8. The van der Waals surface area contributed by atoms with Crippen LogP contribution in [0.2, 0.25) is 0 Å². The van der Waals surface area contributed by atoms with Crippen molar-refractivity contribution in [3.8, 4) is 5.75 Å². The number of ether oxygens (including phenoxy) is 1. The van der Waals surface area contributed by atoms with Crippen molar-refractivity contribution in [3.05, 3.63) is 53.7 Å². The lowest BCUT2D eigenvalue weighted by Crippen LogP contribution is -2.45. The Balaban J connectivity index is 1.59. The molecule has 1 aromatic carbocycles. The van der Waals surface area contributed by atoms with E-state index in [1.165, 1.54) is 6.07 Å². The van der Waals surface area contributed by atoms with Crippen molar-refractivity contribution in [3.63, 3.8) is 0 Å². The van der Waals surface area contributed by atoms with Crippen LogP contribution < -0.4 is 20.3 Å². The van der Waals surface area contributed by atoms with Crippen molar-refractivity contribution >= 4 is 11.8 Å². The molecular weight excluding hydrogens is 390 g/mol. The number of likely N-dealkylation sites (N-methyl/N-ethyl adjacent to an activating group) is 1. The number of aromatic nitrogens is 1. The predicted octanol–water partition coefficient (Wildman–Crippen LogP) is 2.30. The Bertz CT molecular complexity index is 840. The molecule has 0 bridgehead atoms. The molecule has 2 N–H and O–H groups in total. The molecule has 0 aliphatic carbocycles. The number of piperazine rings is 1. The van der Waals surface area contributed by atoms with E-state index >= 15 is 0 Å². The molecule has 162 valence electrons. The van der Waals surface area contributed by atoms with Crippen LogP contribution in [0.15, 0.2) is 47.6 Å². The van der Waals surface area contributed by atoms with Crippen molar-refractivity contribution in [1.82, 2.24) is 20.5 Å². The summed E-state index contributed by atoms with van der Waals surface area (Å²) in [4.78, 5) is 13.4. The molecule has 0 atom stereocenters. The smallest absolute Gasteiger partial charge is 0.387 e. The van der Waals surface area contributed by atoms with Crippen LogP contribution in [0.1, 0.15) is 11.1 Å². The molecule has 2 heterocycles. The number of rotatable bonds is 7. The quantitative estimate of drug-likeness (QED) is 0.532. The number of para-hydroxylation sites is 1. The number of aliphatic imine (C=N–C) groups is 1. The van der Waals surface area contributed by atoms with Gasteiger partial charge >= 0.3 is 6.61 Å². The first-order valence-corrected chi connectivity index (χ1v) is 9.91. The van der Waals surface area contributed by atoms with Gasteiger partial charge < -0.3 is 25.2 Å². The van der Waals surface area contributed by atoms with E-state index in [-0.39, 0.29) is 5.75 Å². The number of alkyl halides is 2. The number of nitrogens with one attached hydrogen (secondary N) is 2. The second kappa shape index (κ2) is 10.7. The van der Waals surface area contributed by atoms with Gasteiger partial charge in [-0.05, 0) is 19.2 Å². The monoisotopic (exact) mass is 418 g/mol. The average Bonchev–Trinajstić information content (AvgIpc) is 2.75. The van der Waals surface area contributed by atoms with Crippen molar-refractivity contribution in [2.75, 3.05) is 45.2 Å². The summed E-state index contributed by atoms with van der Waals surface area (Å²) in [6, 6.07) is 10.7. The van der Waals surface area contributed by atoms with Gasteiger partial charge in [0, 0.05) is 63.6 Å². The second-order valence-electron chi connectivity index (χ2n) is 7.04. The molecule has 1 fully saturated rings. The molecule has 0 spiro atoms. The van der Waals surface area contributed by atoms with Crippen LogP contribution in [-0.2, 0) is 13.1 Å². The Morgan fingerprint density at radius 2 is 1.73 bits per heavy atom. The van der Waals surface area contributed by atoms with Crippen molar-refractivity contribution in [2.24, 2.45) is 4.99 Å². The van der Waals surface area contributed by atoms with Gasteiger partial charge in [0.25, 0.3) is 0 Å². The van der Waals surface area contributed by atoms with E-state index in [2.05, 4.69) is 42.2 Å². The summed E-state index contributed by atoms with van der Waals surface area (Å²) >= 11 is 0. The first-order chi connectivity index (χ1) is 14.6. The lowest BCUT2D eigenvalue weighted by Gasteiger charge is -2.34. The molecule has 7 nitrogen and oxygen atoms in total. The molecule has 1 aliphatic heterocycles.